The van der Waals surface area contributed by atoms with Crippen LogP contribution in [-0.2, 0) is 6.42 Å². The molecule has 1 unspecified atom stereocenters. The lowest BCUT2D eigenvalue weighted by Gasteiger charge is -2.25. The van der Waals surface area contributed by atoms with Crippen LogP contribution >= 0.6 is 0 Å². The Balaban J connectivity index is 1.85. The van der Waals surface area contributed by atoms with Crippen molar-refractivity contribution in [3.05, 3.63) is 53.5 Å². The highest BCUT2D eigenvalue weighted by Gasteiger charge is 2.29. The highest BCUT2D eigenvalue weighted by atomic mass is 16.5. The van der Waals surface area contributed by atoms with Gasteiger partial charge in [0.15, 0.2) is 5.69 Å². The number of carbonyl (C=O) groups excluding carboxylic acids is 1. The van der Waals surface area contributed by atoms with Gasteiger partial charge in [0, 0.05) is 7.05 Å². The Morgan fingerprint density at radius 2 is 2.14 bits per heavy atom. The van der Waals surface area contributed by atoms with Crippen molar-refractivity contribution in [1.82, 2.24) is 14.9 Å². The van der Waals surface area contributed by atoms with Crippen LogP contribution in [-0.4, -0.2) is 34.9 Å². The summed E-state index contributed by atoms with van der Waals surface area (Å²) in [5.74, 6) is 0.212. The zero-order valence-corrected chi connectivity index (χ0v) is 12.1. The van der Waals surface area contributed by atoms with Crippen molar-refractivity contribution in [2.24, 2.45) is 0 Å². The lowest BCUT2D eigenvalue weighted by atomic mass is 10.1. The monoisotopic (exact) mass is 283 g/mol. The second-order valence-corrected chi connectivity index (χ2v) is 5.12. The van der Waals surface area contributed by atoms with E-state index in [4.69, 9.17) is 4.74 Å². The minimum Gasteiger partial charge on any atom is -0.480 e. The second-order valence-electron chi connectivity index (χ2n) is 5.12. The molecular weight excluding hydrogens is 266 g/mol. The van der Waals surface area contributed by atoms with Crippen molar-refractivity contribution in [3.63, 3.8) is 0 Å². The Hall–Kier alpha value is -2.43. The molecule has 1 aliphatic rings. The van der Waals surface area contributed by atoms with Gasteiger partial charge in [0.2, 0.25) is 5.88 Å². The zero-order valence-electron chi connectivity index (χ0n) is 12.1. The van der Waals surface area contributed by atoms with Crippen molar-refractivity contribution >= 4 is 5.91 Å². The number of hydrogen-bond acceptors (Lipinski definition) is 4. The number of carbonyl (C=O) groups is 1. The van der Waals surface area contributed by atoms with E-state index in [1.54, 1.807) is 4.90 Å². The minimum absolute atomic E-state index is 0.0988. The molecule has 108 valence electrons. The van der Waals surface area contributed by atoms with Crippen LogP contribution in [0.4, 0.5) is 0 Å². The first-order valence-electron chi connectivity index (χ1n) is 6.91. The molecule has 1 heterocycles. The largest absolute Gasteiger partial charge is 0.480 e. The summed E-state index contributed by atoms with van der Waals surface area (Å²) in [4.78, 5) is 22.5. The van der Waals surface area contributed by atoms with E-state index in [0.29, 0.717) is 11.6 Å². The van der Waals surface area contributed by atoms with Crippen LogP contribution in [0.5, 0.6) is 5.88 Å². The molecule has 21 heavy (non-hydrogen) atoms. The maximum absolute atomic E-state index is 12.6. The molecule has 0 aliphatic heterocycles. The predicted octanol–water partition coefficient (Wildman–Crippen LogP) is 2.24. The van der Waals surface area contributed by atoms with E-state index in [1.807, 2.05) is 19.2 Å². The van der Waals surface area contributed by atoms with Crippen LogP contribution in [0.2, 0.25) is 0 Å². The lowest BCUT2D eigenvalue weighted by Crippen LogP contribution is -2.30. The van der Waals surface area contributed by atoms with Gasteiger partial charge in [0.1, 0.15) is 0 Å². The SMILES string of the molecule is COc1cncc(C(=O)N(C)C2CCc3ccccc32)n1. The number of benzene rings is 1. The van der Waals surface area contributed by atoms with Crippen LogP contribution in [0.15, 0.2) is 36.7 Å². The van der Waals surface area contributed by atoms with Gasteiger partial charge < -0.3 is 9.64 Å². The molecule has 0 saturated heterocycles. The molecule has 0 bridgehead atoms. The van der Waals surface area contributed by atoms with Crippen LogP contribution in [0.1, 0.15) is 34.1 Å². The molecule has 0 fully saturated rings. The minimum atomic E-state index is -0.136. The quantitative estimate of drug-likeness (QED) is 0.867. The molecule has 1 aromatic heterocycles. The number of ether oxygens (including phenoxy) is 1. The summed E-state index contributed by atoms with van der Waals surface area (Å²) in [6.45, 7) is 0. The van der Waals surface area contributed by atoms with Crippen molar-refractivity contribution in [1.29, 1.82) is 0 Å². The summed E-state index contributed by atoms with van der Waals surface area (Å²) in [6, 6.07) is 8.37. The Morgan fingerprint density at radius 1 is 1.33 bits per heavy atom. The Kier molecular flexibility index (Phi) is 3.56. The van der Waals surface area contributed by atoms with E-state index in [1.165, 1.54) is 30.6 Å². The topological polar surface area (TPSA) is 55.3 Å². The van der Waals surface area contributed by atoms with Crippen LogP contribution < -0.4 is 4.74 Å². The third-order valence-electron chi connectivity index (χ3n) is 3.93. The smallest absolute Gasteiger partial charge is 0.274 e. The van der Waals surface area contributed by atoms with E-state index >= 15 is 0 Å². The number of methoxy groups -OCH3 is 1. The van der Waals surface area contributed by atoms with Gasteiger partial charge >= 0.3 is 0 Å². The number of aryl methyl sites for hydroxylation is 1. The first-order valence-corrected chi connectivity index (χ1v) is 6.91. The Morgan fingerprint density at radius 3 is 2.95 bits per heavy atom. The van der Waals surface area contributed by atoms with Crippen LogP contribution in [0, 0.1) is 0 Å². The maximum atomic E-state index is 12.6. The average molecular weight is 283 g/mol. The molecule has 0 saturated carbocycles. The summed E-state index contributed by atoms with van der Waals surface area (Å²) in [5.41, 5.74) is 2.85. The van der Waals surface area contributed by atoms with E-state index in [0.717, 1.165) is 12.8 Å². The molecule has 2 aromatic rings. The number of fused-ring (bicyclic) bond motifs is 1. The van der Waals surface area contributed by atoms with Gasteiger partial charge in [-0.05, 0) is 24.0 Å². The van der Waals surface area contributed by atoms with Crippen LogP contribution in [0.25, 0.3) is 0 Å². The van der Waals surface area contributed by atoms with E-state index in [9.17, 15) is 4.79 Å². The summed E-state index contributed by atoms with van der Waals surface area (Å²) >= 11 is 0. The molecule has 5 nitrogen and oxygen atoms in total. The first kappa shape index (κ1) is 13.5. The van der Waals surface area contributed by atoms with E-state index in [-0.39, 0.29) is 11.9 Å². The molecule has 3 rings (SSSR count). The number of amides is 1. The molecular formula is C16H17N3O2. The molecule has 1 aliphatic carbocycles. The van der Waals surface area contributed by atoms with Crippen molar-refractivity contribution in [2.75, 3.05) is 14.2 Å². The van der Waals surface area contributed by atoms with Gasteiger partial charge in [-0.3, -0.25) is 9.78 Å². The Bertz CT molecular complexity index is 672. The van der Waals surface area contributed by atoms with E-state index in [2.05, 4.69) is 22.1 Å². The third-order valence-corrected chi connectivity index (χ3v) is 3.93. The number of hydrogen-bond donors (Lipinski definition) is 0. The van der Waals surface area contributed by atoms with Gasteiger partial charge in [-0.1, -0.05) is 24.3 Å². The average Bonchev–Trinajstić information content (AvgIpc) is 2.97. The molecule has 0 N–H and O–H groups in total. The summed E-state index contributed by atoms with van der Waals surface area (Å²) in [7, 11) is 3.32. The Labute approximate surface area is 123 Å². The van der Waals surface area contributed by atoms with Gasteiger partial charge in [0.05, 0.1) is 25.5 Å². The fourth-order valence-corrected chi connectivity index (χ4v) is 2.81. The summed E-state index contributed by atoms with van der Waals surface area (Å²) in [5, 5.41) is 0. The molecule has 1 atom stereocenters. The molecule has 1 amide bonds. The molecule has 0 spiro atoms. The summed E-state index contributed by atoms with van der Waals surface area (Å²) < 4.78 is 5.02. The highest BCUT2D eigenvalue weighted by molar-refractivity contribution is 5.92. The van der Waals surface area contributed by atoms with E-state index < -0.39 is 0 Å². The normalized spacial score (nSPS) is 16.4. The number of rotatable bonds is 3. The standard InChI is InChI=1S/C16H17N3O2/c1-19(14-8-7-11-5-3-4-6-12(11)14)16(20)13-9-17-10-15(18-13)21-2/h3-6,9-10,14H,7-8H2,1-2H3. The van der Waals surface area contributed by atoms with Gasteiger partial charge in [-0.2, -0.15) is 0 Å². The first-order chi connectivity index (χ1) is 10.2. The van der Waals surface area contributed by atoms with Crippen molar-refractivity contribution in [2.45, 2.75) is 18.9 Å². The highest BCUT2D eigenvalue weighted by Crippen LogP contribution is 2.35. The van der Waals surface area contributed by atoms with Crippen LogP contribution in [0.3, 0.4) is 0 Å². The zero-order chi connectivity index (χ0) is 14.8. The predicted molar refractivity (Wildman–Crippen MR) is 78.2 cm³/mol. The van der Waals surface area contributed by atoms with Gasteiger partial charge in [-0.15, -0.1) is 0 Å². The van der Waals surface area contributed by atoms with Crippen molar-refractivity contribution < 1.29 is 9.53 Å². The molecule has 5 heteroatoms. The molecule has 0 radical (unpaired) electrons. The second kappa shape index (κ2) is 5.52. The number of nitrogens with zero attached hydrogens (tertiary/aromatic N) is 3. The lowest BCUT2D eigenvalue weighted by molar-refractivity contribution is 0.0723. The maximum Gasteiger partial charge on any atom is 0.274 e. The van der Waals surface area contributed by atoms with Gasteiger partial charge in [0.25, 0.3) is 5.91 Å². The number of aromatic nitrogens is 2. The fraction of sp³-hybridized carbons (Fsp3) is 0.312. The third kappa shape index (κ3) is 2.46. The fourth-order valence-electron chi connectivity index (χ4n) is 2.81. The molecule has 1 aromatic carbocycles. The summed E-state index contributed by atoms with van der Waals surface area (Å²) in [6.07, 6.45) is 4.91. The van der Waals surface area contributed by atoms with Crippen molar-refractivity contribution in [3.8, 4) is 5.88 Å². The van der Waals surface area contributed by atoms with Gasteiger partial charge in [-0.25, -0.2) is 4.98 Å².